The highest BCUT2D eigenvalue weighted by molar-refractivity contribution is 5.38. The van der Waals surface area contributed by atoms with Gasteiger partial charge < -0.3 is 9.84 Å². The summed E-state index contributed by atoms with van der Waals surface area (Å²) in [4.78, 5) is 0. The van der Waals surface area contributed by atoms with Crippen molar-refractivity contribution in [2.75, 3.05) is 0 Å². The highest BCUT2D eigenvalue weighted by Crippen LogP contribution is 2.52. The quantitative estimate of drug-likeness (QED) is 0.775. The van der Waals surface area contributed by atoms with E-state index in [1.54, 1.807) is 6.07 Å². The predicted octanol–water partition coefficient (Wildman–Crippen LogP) is 3.20. The van der Waals surface area contributed by atoms with Crippen molar-refractivity contribution in [1.29, 1.82) is 0 Å². The molecule has 3 rings (SSSR count). The fourth-order valence-corrected chi connectivity index (χ4v) is 1.97. The SMILES string of the molecule is Oc1ccccc1C1OC1c1ccccc1. The predicted molar refractivity (Wildman–Crippen MR) is 61.1 cm³/mol. The summed E-state index contributed by atoms with van der Waals surface area (Å²) >= 11 is 0. The Balaban J connectivity index is 1.85. The summed E-state index contributed by atoms with van der Waals surface area (Å²) in [6, 6.07) is 17.4. The van der Waals surface area contributed by atoms with E-state index in [-0.39, 0.29) is 12.2 Å². The average Bonchev–Trinajstić information content (AvgIpc) is 3.11. The Labute approximate surface area is 94.1 Å². The van der Waals surface area contributed by atoms with Crippen LogP contribution in [0.3, 0.4) is 0 Å². The van der Waals surface area contributed by atoms with Gasteiger partial charge in [0, 0.05) is 5.56 Å². The first-order valence-electron chi connectivity index (χ1n) is 5.34. The van der Waals surface area contributed by atoms with E-state index in [1.165, 1.54) is 0 Å². The van der Waals surface area contributed by atoms with Crippen LogP contribution in [-0.4, -0.2) is 5.11 Å². The summed E-state index contributed by atoms with van der Waals surface area (Å²) in [5.74, 6) is 0.311. The van der Waals surface area contributed by atoms with Gasteiger partial charge in [-0.1, -0.05) is 48.5 Å². The molecule has 1 N–H and O–H groups in total. The highest BCUT2D eigenvalue weighted by atomic mass is 16.6. The normalized spacial score (nSPS) is 23.0. The second-order valence-electron chi connectivity index (χ2n) is 3.95. The zero-order valence-corrected chi connectivity index (χ0v) is 8.71. The zero-order valence-electron chi connectivity index (χ0n) is 8.71. The molecule has 2 unspecified atom stereocenters. The molecule has 1 aliphatic rings. The molecule has 80 valence electrons. The molecule has 2 nitrogen and oxygen atoms in total. The molecule has 2 aromatic carbocycles. The van der Waals surface area contributed by atoms with E-state index in [0.717, 1.165) is 11.1 Å². The number of epoxide rings is 1. The lowest BCUT2D eigenvalue weighted by Crippen LogP contribution is -1.84. The van der Waals surface area contributed by atoms with Gasteiger partial charge in [-0.15, -0.1) is 0 Å². The number of ether oxygens (including phenoxy) is 1. The first-order chi connectivity index (χ1) is 7.86. The molecule has 0 aliphatic carbocycles. The summed E-state index contributed by atoms with van der Waals surface area (Å²) in [7, 11) is 0. The molecule has 16 heavy (non-hydrogen) atoms. The van der Waals surface area contributed by atoms with Crippen molar-refractivity contribution in [1.82, 2.24) is 0 Å². The van der Waals surface area contributed by atoms with Gasteiger partial charge in [0.25, 0.3) is 0 Å². The average molecular weight is 212 g/mol. The zero-order chi connectivity index (χ0) is 11.0. The summed E-state index contributed by atoms with van der Waals surface area (Å²) in [5.41, 5.74) is 2.03. The van der Waals surface area contributed by atoms with Crippen molar-refractivity contribution in [3.8, 4) is 5.75 Å². The maximum absolute atomic E-state index is 9.71. The van der Waals surface area contributed by atoms with Crippen molar-refractivity contribution >= 4 is 0 Å². The van der Waals surface area contributed by atoms with Crippen molar-refractivity contribution in [3.63, 3.8) is 0 Å². The van der Waals surface area contributed by atoms with Gasteiger partial charge >= 0.3 is 0 Å². The van der Waals surface area contributed by atoms with E-state index in [1.807, 2.05) is 48.5 Å². The van der Waals surface area contributed by atoms with Crippen molar-refractivity contribution in [3.05, 3.63) is 65.7 Å². The lowest BCUT2D eigenvalue weighted by molar-refractivity contribution is 0.371. The molecule has 1 saturated heterocycles. The Hall–Kier alpha value is -1.80. The maximum Gasteiger partial charge on any atom is 0.121 e. The van der Waals surface area contributed by atoms with E-state index in [2.05, 4.69) is 0 Å². The van der Waals surface area contributed by atoms with E-state index in [4.69, 9.17) is 4.74 Å². The van der Waals surface area contributed by atoms with Crippen LogP contribution in [-0.2, 0) is 4.74 Å². The second-order valence-corrected chi connectivity index (χ2v) is 3.95. The minimum Gasteiger partial charge on any atom is -0.508 e. The maximum atomic E-state index is 9.71. The fourth-order valence-electron chi connectivity index (χ4n) is 1.97. The molecule has 0 bridgehead atoms. The summed E-state index contributed by atoms with van der Waals surface area (Å²) in [6.07, 6.45) is 0.0955. The third kappa shape index (κ3) is 1.57. The number of phenols is 1. The van der Waals surface area contributed by atoms with E-state index in [9.17, 15) is 5.11 Å². The molecule has 0 radical (unpaired) electrons. The summed E-state index contributed by atoms with van der Waals surface area (Å²) in [5, 5.41) is 9.71. The number of benzene rings is 2. The molecule has 1 heterocycles. The Morgan fingerprint density at radius 2 is 1.50 bits per heavy atom. The molecule has 2 atom stereocenters. The van der Waals surface area contributed by atoms with E-state index >= 15 is 0 Å². The van der Waals surface area contributed by atoms with Crippen molar-refractivity contribution in [2.45, 2.75) is 12.2 Å². The highest BCUT2D eigenvalue weighted by Gasteiger charge is 2.42. The van der Waals surface area contributed by atoms with Crippen LogP contribution in [0, 0.1) is 0 Å². The van der Waals surface area contributed by atoms with Gasteiger partial charge in [-0.05, 0) is 11.6 Å². The molecule has 1 aliphatic heterocycles. The van der Waals surface area contributed by atoms with Crippen LogP contribution in [0.5, 0.6) is 5.75 Å². The first-order valence-corrected chi connectivity index (χ1v) is 5.34. The van der Waals surface area contributed by atoms with Crippen molar-refractivity contribution < 1.29 is 9.84 Å². The van der Waals surface area contributed by atoms with Gasteiger partial charge in [-0.25, -0.2) is 0 Å². The lowest BCUT2D eigenvalue weighted by Gasteiger charge is -1.99. The van der Waals surface area contributed by atoms with Crippen LogP contribution in [0.25, 0.3) is 0 Å². The van der Waals surface area contributed by atoms with E-state index < -0.39 is 0 Å². The van der Waals surface area contributed by atoms with Crippen molar-refractivity contribution in [2.24, 2.45) is 0 Å². The van der Waals surface area contributed by atoms with Gasteiger partial charge in [0.05, 0.1) is 0 Å². The first kappa shape index (κ1) is 9.43. The number of aromatic hydroxyl groups is 1. The van der Waals surface area contributed by atoms with Crippen LogP contribution in [0.4, 0.5) is 0 Å². The number of phenolic OH excluding ortho intramolecular Hbond substituents is 1. The van der Waals surface area contributed by atoms with Crippen LogP contribution < -0.4 is 0 Å². The molecule has 0 amide bonds. The number of hydrogen-bond donors (Lipinski definition) is 1. The molecular formula is C14H12O2. The molecule has 0 spiro atoms. The van der Waals surface area contributed by atoms with Gasteiger partial charge in [0.2, 0.25) is 0 Å². The monoisotopic (exact) mass is 212 g/mol. The largest absolute Gasteiger partial charge is 0.508 e. The molecule has 0 saturated carbocycles. The molecule has 1 fully saturated rings. The molecular weight excluding hydrogens is 200 g/mol. The molecule has 2 heteroatoms. The number of para-hydroxylation sites is 1. The van der Waals surface area contributed by atoms with Gasteiger partial charge in [-0.2, -0.15) is 0 Å². The van der Waals surface area contributed by atoms with E-state index in [0.29, 0.717) is 5.75 Å². The Bertz CT molecular complexity index is 493. The minimum absolute atomic E-state index is 0.00333. The number of hydrogen-bond acceptors (Lipinski definition) is 2. The third-order valence-electron chi connectivity index (χ3n) is 2.86. The Kier molecular flexibility index (Phi) is 2.15. The van der Waals surface area contributed by atoms with Crippen LogP contribution in [0.2, 0.25) is 0 Å². The van der Waals surface area contributed by atoms with Crippen LogP contribution in [0.15, 0.2) is 54.6 Å². The topological polar surface area (TPSA) is 32.8 Å². The minimum atomic E-state index is 0.00333. The summed E-state index contributed by atoms with van der Waals surface area (Å²) in [6.45, 7) is 0. The second kappa shape index (κ2) is 3.65. The standard InChI is InChI=1S/C14H12O2/c15-12-9-5-4-8-11(12)14-13(16-14)10-6-2-1-3-7-10/h1-9,13-15H. The number of rotatable bonds is 2. The molecule has 0 aromatic heterocycles. The summed E-state index contributed by atoms with van der Waals surface area (Å²) < 4.78 is 5.61. The van der Waals surface area contributed by atoms with Gasteiger partial charge in [0.15, 0.2) is 0 Å². The molecule has 2 aromatic rings. The fraction of sp³-hybridized carbons (Fsp3) is 0.143. The Morgan fingerprint density at radius 3 is 2.25 bits per heavy atom. The Morgan fingerprint density at radius 1 is 0.812 bits per heavy atom. The lowest BCUT2D eigenvalue weighted by atomic mass is 10.0. The van der Waals surface area contributed by atoms with Gasteiger partial charge in [-0.3, -0.25) is 0 Å². The van der Waals surface area contributed by atoms with Crippen LogP contribution >= 0.6 is 0 Å². The van der Waals surface area contributed by atoms with Crippen LogP contribution in [0.1, 0.15) is 23.3 Å². The van der Waals surface area contributed by atoms with Gasteiger partial charge in [0.1, 0.15) is 18.0 Å². The third-order valence-corrected chi connectivity index (χ3v) is 2.86. The smallest absolute Gasteiger partial charge is 0.121 e.